The monoisotopic (exact) mass is 413 g/mol. The summed E-state index contributed by atoms with van der Waals surface area (Å²) in [7, 11) is -3.68. The Morgan fingerprint density at radius 3 is 2.14 bits per heavy atom. The largest absolute Gasteiger partial charge is 0.481 e. The number of aliphatic carboxylic acids is 2. The van der Waals surface area contributed by atoms with E-state index in [1.165, 1.54) is 24.3 Å². The summed E-state index contributed by atoms with van der Waals surface area (Å²) in [5, 5.41) is 20.2. The molecule has 1 atom stereocenters. The van der Waals surface area contributed by atoms with Crippen LogP contribution < -0.4 is 10.5 Å². The predicted molar refractivity (Wildman–Crippen MR) is 101 cm³/mol. The molecule has 1 heterocycles. The number of aromatic nitrogens is 1. The van der Waals surface area contributed by atoms with Crippen LogP contribution in [0.1, 0.15) is 31.0 Å². The van der Waals surface area contributed by atoms with E-state index >= 15 is 0 Å². The minimum atomic E-state index is -3.68. The van der Waals surface area contributed by atoms with Gasteiger partial charge in [-0.2, -0.15) is 0 Å². The van der Waals surface area contributed by atoms with Crippen LogP contribution in [0.4, 0.5) is 11.6 Å². The van der Waals surface area contributed by atoms with Gasteiger partial charge in [-0.3, -0.25) is 9.59 Å². The molecule has 2 rings (SSSR count). The maximum atomic E-state index is 12.0. The van der Waals surface area contributed by atoms with Gasteiger partial charge in [-0.1, -0.05) is 12.1 Å². The number of carboxylic acid groups (broad SMARTS) is 2. The van der Waals surface area contributed by atoms with Crippen LogP contribution in [0.2, 0.25) is 0 Å². The molecule has 5 N–H and O–H groups in total. The highest BCUT2D eigenvalue weighted by Crippen LogP contribution is 2.22. The van der Waals surface area contributed by atoms with Crippen LogP contribution in [-0.4, -0.2) is 35.7 Å². The molecule has 11 heteroatoms. The Labute approximate surface area is 162 Å². The van der Waals surface area contributed by atoms with E-state index in [2.05, 4.69) is 9.88 Å². The number of nitrogens with zero attached hydrogens (tertiary/aromatic N) is 1. The van der Waals surface area contributed by atoms with Gasteiger partial charge in [-0.15, -0.1) is 0 Å². The van der Waals surface area contributed by atoms with Gasteiger partial charge in [0.25, 0.3) is 10.0 Å². The van der Waals surface area contributed by atoms with Gasteiger partial charge in [0.2, 0.25) is 5.88 Å². The second kappa shape index (κ2) is 9.74. The number of nitrogens with one attached hydrogen (secondary N) is 1. The Kier molecular flexibility index (Phi) is 7.99. The molecule has 0 spiro atoms. The number of aryl methyl sites for hydroxylation is 1. The van der Waals surface area contributed by atoms with Crippen LogP contribution in [0.5, 0.6) is 0 Å². The molecule has 0 amide bonds. The normalized spacial score (nSPS) is 11.8. The van der Waals surface area contributed by atoms with E-state index < -0.39 is 27.9 Å². The van der Waals surface area contributed by atoms with Gasteiger partial charge in [-0.25, -0.2) is 13.1 Å². The number of hydrogen-bond donors (Lipinski definition) is 4. The van der Waals surface area contributed by atoms with Gasteiger partial charge in [0, 0.05) is 11.3 Å². The highest BCUT2D eigenvalue weighted by molar-refractivity contribution is 7.92. The summed E-state index contributed by atoms with van der Waals surface area (Å²) in [4.78, 5) is 20.3. The maximum absolute atomic E-state index is 12.0. The molecule has 1 unspecified atom stereocenters. The van der Waals surface area contributed by atoms with Gasteiger partial charge in [-0.05, 0) is 44.5 Å². The van der Waals surface area contributed by atoms with Crippen molar-refractivity contribution in [2.75, 3.05) is 10.5 Å². The first-order valence-electron chi connectivity index (χ1n) is 8.23. The molecule has 2 aromatic rings. The Morgan fingerprint density at radius 1 is 1.21 bits per heavy atom. The van der Waals surface area contributed by atoms with Gasteiger partial charge >= 0.3 is 11.9 Å². The lowest BCUT2D eigenvalue weighted by Gasteiger charge is -2.05. The third-order valence-electron chi connectivity index (χ3n) is 3.84. The van der Waals surface area contributed by atoms with E-state index in [-0.39, 0.29) is 17.2 Å². The predicted octanol–water partition coefficient (Wildman–Crippen LogP) is 2.25. The van der Waals surface area contributed by atoms with Crippen LogP contribution >= 0.6 is 0 Å². The first-order valence-corrected chi connectivity index (χ1v) is 9.72. The highest BCUT2D eigenvalue weighted by atomic mass is 32.2. The smallest absolute Gasteiger partial charge is 0.307 e. The summed E-state index contributed by atoms with van der Waals surface area (Å²) in [6.07, 6.45) is 0.0769. The summed E-state index contributed by atoms with van der Waals surface area (Å²) in [6, 6.07) is 5.90. The van der Waals surface area contributed by atoms with Gasteiger partial charge in [0.05, 0.1) is 22.9 Å². The molecule has 1 aromatic heterocycles. The molecule has 154 valence electrons. The fraction of sp³-hybridized carbons (Fsp3) is 0.353. The number of hydrogen-bond acceptors (Lipinski definition) is 7. The van der Waals surface area contributed by atoms with Crippen molar-refractivity contribution < 1.29 is 32.7 Å². The van der Waals surface area contributed by atoms with Crippen LogP contribution in [-0.2, 0) is 19.6 Å². The number of nitrogens with two attached hydrogens (primary N) is 1. The van der Waals surface area contributed by atoms with Crippen LogP contribution in [0, 0.1) is 19.8 Å². The Hall–Kier alpha value is -3.08. The van der Waals surface area contributed by atoms with E-state index in [0.717, 1.165) is 0 Å². The van der Waals surface area contributed by atoms with Crippen LogP contribution in [0.3, 0.4) is 0 Å². The zero-order valence-electron chi connectivity index (χ0n) is 15.7. The lowest BCUT2D eigenvalue weighted by atomic mass is 10.0. The van der Waals surface area contributed by atoms with Crippen LogP contribution in [0.25, 0.3) is 0 Å². The summed E-state index contributed by atoms with van der Waals surface area (Å²) in [5.74, 6) is -2.71. The van der Waals surface area contributed by atoms with E-state index in [4.69, 9.17) is 20.5 Å². The Morgan fingerprint density at radius 2 is 1.79 bits per heavy atom. The van der Waals surface area contributed by atoms with Gasteiger partial charge in [0.1, 0.15) is 0 Å². The molecule has 0 aliphatic rings. The summed E-state index contributed by atoms with van der Waals surface area (Å²) < 4.78 is 31.3. The Balaban J connectivity index is 0.000000336. The first-order chi connectivity index (χ1) is 13.0. The highest BCUT2D eigenvalue weighted by Gasteiger charge is 2.19. The van der Waals surface area contributed by atoms with E-state index in [0.29, 0.717) is 23.4 Å². The standard InChI is InChI=1S/C11H13N3O3S.C6H10O4/c1-7-8(2)13-17-11(7)14-18(15,16)10-5-3-9(12)4-6-10;1-2-4(6(9)10)3-5(7)8/h3-6,14H,12H2,1-2H3;4H,2-3H2,1H3,(H,7,8)(H,9,10). The molecule has 0 fully saturated rings. The fourth-order valence-corrected chi connectivity index (χ4v) is 3.00. The number of rotatable bonds is 7. The molecule has 10 nitrogen and oxygen atoms in total. The molecule has 0 radical (unpaired) electrons. The van der Waals surface area contributed by atoms with Crippen molar-refractivity contribution >= 4 is 33.5 Å². The maximum Gasteiger partial charge on any atom is 0.307 e. The van der Waals surface area contributed by atoms with Crippen molar-refractivity contribution in [2.24, 2.45) is 5.92 Å². The number of nitrogen functional groups attached to an aromatic ring is 1. The number of benzene rings is 1. The van der Waals surface area contributed by atoms with Crippen molar-refractivity contribution in [1.82, 2.24) is 5.16 Å². The SMILES string of the molecule is CCC(CC(=O)O)C(=O)O.Cc1noc(NS(=O)(=O)c2ccc(N)cc2)c1C. The van der Waals surface area contributed by atoms with E-state index in [9.17, 15) is 18.0 Å². The zero-order valence-corrected chi connectivity index (χ0v) is 16.5. The number of carboxylic acids is 2. The number of sulfonamides is 1. The van der Waals surface area contributed by atoms with Gasteiger partial charge in [0.15, 0.2) is 0 Å². The zero-order chi connectivity index (χ0) is 21.5. The van der Waals surface area contributed by atoms with Crippen molar-refractivity contribution in [1.29, 1.82) is 0 Å². The fourth-order valence-electron chi connectivity index (χ4n) is 1.96. The topological polar surface area (TPSA) is 173 Å². The third-order valence-corrected chi connectivity index (χ3v) is 5.18. The molecule has 0 aliphatic carbocycles. The van der Waals surface area contributed by atoms with Crippen molar-refractivity contribution in [3.63, 3.8) is 0 Å². The summed E-state index contributed by atoms with van der Waals surface area (Å²) in [5.41, 5.74) is 7.31. The molecule has 0 saturated carbocycles. The quantitative estimate of drug-likeness (QED) is 0.496. The number of carbonyl (C=O) groups is 2. The molecular formula is C17H23N3O7S. The second-order valence-corrected chi connectivity index (χ2v) is 7.62. The Bertz CT molecular complexity index is 921. The third kappa shape index (κ3) is 6.58. The van der Waals surface area contributed by atoms with E-state index in [1.54, 1.807) is 20.8 Å². The molecular weight excluding hydrogens is 390 g/mol. The van der Waals surface area contributed by atoms with Crippen molar-refractivity contribution in [2.45, 2.75) is 38.5 Å². The van der Waals surface area contributed by atoms with Crippen LogP contribution in [0.15, 0.2) is 33.7 Å². The average molecular weight is 413 g/mol. The lowest BCUT2D eigenvalue weighted by molar-refractivity contribution is -0.148. The van der Waals surface area contributed by atoms with Crippen molar-refractivity contribution in [3.8, 4) is 0 Å². The minimum absolute atomic E-state index is 0.116. The summed E-state index contributed by atoms with van der Waals surface area (Å²) >= 11 is 0. The molecule has 0 aliphatic heterocycles. The molecule has 0 bridgehead atoms. The molecule has 28 heavy (non-hydrogen) atoms. The number of anilines is 2. The molecule has 0 saturated heterocycles. The lowest BCUT2D eigenvalue weighted by Crippen LogP contribution is -2.16. The second-order valence-electron chi connectivity index (χ2n) is 5.94. The molecule has 1 aromatic carbocycles. The van der Waals surface area contributed by atoms with E-state index in [1.807, 2.05) is 0 Å². The van der Waals surface area contributed by atoms with Crippen molar-refractivity contribution in [3.05, 3.63) is 35.5 Å². The minimum Gasteiger partial charge on any atom is -0.481 e. The average Bonchev–Trinajstić information content (AvgIpc) is 2.92. The first kappa shape index (κ1) is 23.0. The summed E-state index contributed by atoms with van der Waals surface area (Å²) in [6.45, 7) is 5.12. The van der Waals surface area contributed by atoms with Gasteiger partial charge < -0.3 is 20.5 Å².